The second-order valence-electron chi connectivity index (χ2n) is 12.6. The van der Waals surface area contributed by atoms with E-state index in [-0.39, 0.29) is 30.9 Å². The molecule has 5 N–H and O–H groups in total. The van der Waals surface area contributed by atoms with E-state index in [0.717, 1.165) is 16.7 Å². The summed E-state index contributed by atoms with van der Waals surface area (Å²) < 4.78 is 15.6. The number of hydrogen-bond acceptors (Lipinski definition) is 7. The fraction of sp³-hybridized carbons (Fsp3) is 0.429. The molecule has 2 aromatic carbocycles. The van der Waals surface area contributed by atoms with E-state index in [4.69, 9.17) is 16.2 Å². The Morgan fingerprint density at radius 3 is 2.16 bits per heavy atom. The van der Waals surface area contributed by atoms with Gasteiger partial charge in [0, 0.05) is 63.9 Å². The van der Waals surface area contributed by atoms with Crippen LogP contribution in [0.1, 0.15) is 89.0 Å². The lowest BCUT2D eigenvalue weighted by Gasteiger charge is -2.21. The Balaban J connectivity index is 1.64. The summed E-state index contributed by atoms with van der Waals surface area (Å²) in [7, 11) is 5.42. The number of aryl methyl sites for hydroxylation is 4. The number of nitrogens with two attached hydrogens (primary N) is 2. The molecular weight excluding hydrogens is 640 g/mol. The van der Waals surface area contributed by atoms with Crippen molar-refractivity contribution in [3.8, 4) is 5.75 Å². The minimum atomic E-state index is -0.627. The van der Waals surface area contributed by atoms with Crippen LogP contribution >= 0.6 is 0 Å². The van der Waals surface area contributed by atoms with E-state index < -0.39 is 17.7 Å². The van der Waals surface area contributed by atoms with Crippen LogP contribution in [0.5, 0.6) is 5.75 Å². The Bertz CT molecular complexity index is 2250. The van der Waals surface area contributed by atoms with E-state index in [9.17, 15) is 19.5 Å². The van der Waals surface area contributed by atoms with Crippen LogP contribution in [0.4, 0.5) is 0 Å². The summed E-state index contributed by atoms with van der Waals surface area (Å²) in [5, 5.41) is 13.9. The zero-order valence-electron chi connectivity index (χ0n) is 29.7. The Kier molecular flexibility index (Phi) is 10.5. The number of aliphatic hydroxyl groups is 1. The van der Waals surface area contributed by atoms with Crippen LogP contribution in [-0.4, -0.2) is 71.1 Å². The molecule has 0 aliphatic heterocycles. The molecule has 15 nitrogen and oxygen atoms in total. The summed E-state index contributed by atoms with van der Waals surface area (Å²) in [5.74, 6) is -1.19. The quantitative estimate of drug-likeness (QED) is 0.159. The van der Waals surface area contributed by atoms with Gasteiger partial charge < -0.3 is 39.6 Å². The van der Waals surface area contributed by atoms with Gasteiger partial charge >= 0.3 is 0 Å². The molecule has 266 valence electrons. The number of aliphatic hydroxyl groups excluding tert-OH is 1. The summed E-state index contributed by atoms with van der Waals surface area (Å²) in [6.45, 7) is 8.53. The molecule has 2 unspecified atom stereocenters. The molecule has 0 radical (unpaired) electrons. The van der Waals surface area contributed by atoms with Gasteiger partial charge in [-0.05, 0) is 76.9 Å². The highest BCUT2D eigenvalue weighted by atomic mass is 16.5. The first-order valence-corrected chi connectivity index (χ1v) is 16.7. The van der Waals surface area contributed by atoms with E-state index in [1.807, 2.05) is 43.0 Å². The molecule has 50 heavy (non-hydrogen) atoms. The van der Waals surface area contributed by atoms with Gasteiger partial charge in [-0.1, -0.05) is 0 Å². The van der Waals surface area contributed by atoms with E-state index in [2.05, 4.69) is 26.6 Å². The predicted molar refractivity (Wildman–Crippen MR) is 189 cm³/mol. The third kappa shape index (κ3) is 6.60. The maximum atomic E-state index is 13.8. The van der Waals surface area contributed by atoms with Crippen LogP contribution in [0.15, 0.2) is 46.4 Å². The second kappa shape index (κ2) is 14.6. The van der Waals surface area contributed by atoms with Crippen LogP contribution in [-0.2, 0) is 20.6 Å². The molecule has 0 saturated carbocycles. The number of aromatic nitrogens is 6. The van der Waals surface area contributed by atoms with Crippen LogP contribution < -0.4 is 27.4 Å². The SMILES string of the molecule is CCn1nc(C)cc1C(=O)/N=c1\n(C)c2cc(C(N)=O)cc(OCCCO)c2n1C(C)CCC(C)n1/c(=N/C)n(C)c2cc(C(N)=O)ccc21. The van der Waals surface area contributed by atoms with Gasteiger partial charge in [0.05, 0.1) is 28.9 Å². The normalized spacial score (nSPS) is 13.8. The average molecular weight is 687 g/mol. The maximum Gasteiger partial charge on any atom is 0.298 e. The van der Waals surface area contributed by atoms with Gasteiger partial charge in [0.15, 0.2) is 0 Å². The number of nitrogens with zero attached hydrogens (tertiary/aromatic N) is 8. The van der Waals surface area contributed by atoms with Gasteiger partial charge in [-0.15, -0.1) is 0 Å². The number of benzene rings is 2. The Hall–Kier alpha value is -5.44. The summed E-state index contributed by atoms with van der Waals surface area (Å²) in [6.07, 6.45) is 1.73. The fourth-order valence-corrected chi connectivity index (χ4v) is 6.57. The molecule has 0 bridgehead atoms. The summed E-state index contributed by atoms with van der Waals surface area (Å²) in [6, 6.07) is 10.1. The number of carbonyl (C=O) groups is 3. The minimum absolute atomic E-state index is 0.0273. The van der Waals surface area contributed by atoms with Crippen LogP contribution in [0.25, 0.3) is 22.1 Å². The first-order chi connectivity index (χ1) is 23.8. The molecule has 0 saturated heterocycles. The van der Waals surface area contributed by atoms with Crippen LogP contribution in [0, 0.1) is 6.92 Å². The van der Waals surface area contributed by atoms with Crippen molar-refractivity contribution in [2.75, 3.05) is 20.3 Å². The molecule has 15 heteroatoms. The second-order valence-corrected chi connectivity index (χ2v) is 12.6. The number of fused-ring (bicyclic) bond motifs is 2. The summed E-state index contributed by atoms with van der Waals surface area (Å²) in [4.78, 5) is 47.3. The fourth-order valence-electron chi connectivity index (χ4n) is 6.57. The standard InChI is InChI=1S/C35H46N10O5/c1-8-43-28(16-20(2)40-43)33(49)39-35-42(7)27-18-24(32(37)48)19-29(50-15-9-14-46)30(27)45(35)22(4)11-10-21(3)44-25-13-12-23(31(36)47)17-26(25)41(6)34(44)38-5/h12-13,16-19,21-22,46H,8-11,14-15H2,1-7H3,(H2,36,47)(H2,37,48)/b38-34+,39-35+. The first kappa shape index (κ1) is 35.9. The highest BCUT2D eigenvalue weighted by Crippen LogP contribution is 2.32. The monoisotopic (exact) mass is 686 g/mol. The zero-order valence-corrected chi connectivity index (χ0v) is 29.7. The molecule has 0 aliphatic rings. The molecule has 2 atom stereocenters. The lowest BCUT2D eigenvalue weighted by Crippen LogP contribution is -2.30. The lowest BCUT2D eigenvalue weighted by molar-refractivity contribution is 0.0980. The Morgan fingerprint density at radius 2 is 1.54 bits per heavy atom. The van der Waals surface area contributed by atoms with Gasteiger partial charge in [0.2, 0.25) is 23.1 Å². The maximum absolute atomic E-state index is 13.8. The van der Waals surface area contributed by atoms with Crippen molar-refractivity contribution in [1.82, 2.24) is 28.0 Å². The van der Waals surface area contributed by atoms with E-state index >= 15 is 0 Å². The van der Waals surface area contributed by atoms with Crippen molar-refractivity contribution in [1.29, 1.82) is 0 Å². The summed E-state index contributed by atoms with van der Waals surface area (Å²) >= 11 is 0. The number of primary amides is 2. The van der Waals surface area contributed by atoms with E-state index in [0.29, 0.717) is 65.2 Å². The largest absolute Gasteiger partial charge is 0.491 e. The number of hydrogen-bond donors (Lipinski definition) is 3. The van der Waals surface area contributed by atoms with Gasteiger partial charge in [0.25, 0.3) is 5.91 Å². The van der Waals surface area contributed by atoms with Crippen molar-refractivity contribution in [3.63, 3.8) is 0 Å². The minimum Gasteiger partial charge on any atom is -0.491 e. The molecule has 3 heterocycles. The van der Waals surface area contributed by atoms with E-state index in [1.165, 1.54) is 0 Å². The molecule has 3 amide bonds. The molecule has 5 aromatic rings. The molecular formula is C35H46N10O5. The predicted octanol–water partition coefficient (Wildman–Crippen LogP) is 2.63. The molecule has 0 spiro atoms. The summed E-state index contributed by atoms with van der Waals surface area (Å²) in [5.41, 5.74) is 17.1. The third-order valence-electron chi connectivity index (χ3n) is 9.12. The number of ether oxygens (including phenoxy) is 1. The van der Waals surface area contributed by atoms with Crippen molar-refractivity contribution < 1.29 is 24.2 Å². The third-order valence-corrected chi connectivity index (χ3v) is 9.12. The Morgan fingerprint density at radius 1 is 0.900 bits per heavy atom. The van der Waals surface area contributed by atoms with Crippen molar-refractivity contribution in [2.24, 2.45) is 35.5 Å². The molecule has 0 aliphatic carbocycles. The number of imidazole rings is 2. The van der Waals surface area contributed by atoms with Gasteiger partial charge in [-0.2, -0.15) is 10.1 Å². The lowest BCUT2D eigenvalue weighted by atomic mass is 10.1. The van der Waals surface area contributed by atoms with Gasteiger partial charge in [-0.25, -0.2) is 0 Å². The molecule has 0 fully saturated rings. The smallest absolute Gasteiger partial charge is 0.298 e. The Labute approximate surface area is 289 Å². The highest BCUT2D eigenvalue weighted by molar-refractivity contribution is 5.99. The van der Waals surface area contributed by atoms with Crippen molar-refractivity contribution >= 4 is 39.8 Å². The van der Waals surface area contributed by atoms with Gasteiger partial charge in [-0.3, -0.25) is 24.1 Å². The molecule has 3 aromatic heterocycles. The van der Waals surface area contributed by atoms with Gasteiger partial charge in [0.1, 0.15) is 17.0 Å². The van der Waals surface area contributed by atoms with Crippen LogP contribution in [0.2, 0.25) is 0 Å². The zero-order chi connectivity index (χ0) is 36.4. The number of rotatable bonds is 13. The molecule has 5 rings (SSSR count). The van der Waals surface area contributed by atoms with Crippen molar-refractivity contribution in [2.45, 2.75) is 65.6 Å². The topological polar surface area (TPSA) is 195 Å². The number of carbonyl (C=O) groups excluding carboxylic acids is 3. The highest BCUT2D eigenvalue weighted by Gasteiger charge is 2.24. The van der Waals surface area contributed by atoms with E-state index in [1.54, 1.807) is 53.7 Å². The first-order valence-electron chi connectivity index (χ1n) is 16.7. The number of amides is 3. The van der Waals surface area contributed by atoms with Crippen molar-refractivity contribution in [3.05, 3.63) is 70.1 Å². The average Bonchev–Trinajstić information content (AvgIpc) is 3.71. The van der Waals surface area contributed by atoms with Crippen LogP contribution in [0.3, 0.4) is 0 Å².